The summed E-state index contributed by atoms with van der Waals surface area (Å²) in [6.07, 6.45) is 8.00. The topological polar surface area (TPSA) is 63.8 Å². The van der Waals surface area contributed by atoms with E-state index < -0.39 is 0 Å². The van der Waals surface area contributed by atoms with Crippen LogP contribution in [0.5, 0.6) is 0 Å². The second-order valence-electron chi connectivity index (χ2n) is 6.73. The number of likely N-dealkylation sites (tertiary alicyclic amines) is 1. The molecule has 2 aromatic heterocycles. The summed E-state index contributed by atoms with van der Waals surface area (Å²) in [7, 11) is 2.16. The summed E-state index contributed by atoms with van der Waals surface area (Å²) >= 11 is 0. The monoisotopic (exact) mass is 355 g/mol. The van der Waals surface area contributed by atoms with E-state index in [1.807, 2.05) is 12.4 Å². The van der Waals surface area contributed by atoms with Gasteiger partial charge in [0.2, 0.25) is 0 Å². The summed E-state index contributed by atoms with van der Waals surface area (Å²) < 4.78 is 16.7. The molecule has 1 aliphatic heterocycles. The summed E-state index contributed by atoms with van der Waals surface area (Å²) in [5.41, 5.74) is 2.56. The fraction of sp³-hybridized carbons (Fsp3) is 0.389. The molecule has 1 fully saturated rings. The smallest absolute Gasteiger partial charge is 0.123 e. The summed E-state index contributed by atoms with van der Waals surface area (Å²) in [4.78, 5) is 2.35. The van der Waals surface area contributed by atoms with Crippen LogP contribution in [0, 0.1) is 5.82 Å². The number of anilines is 1. The summed E-state index contributed by atoms with van der Waals surface area (Å²) in [6.45, 7) is 2.78. The summed E-state index contributed by atoms with van der Waals surface area (Å²) in [5.74, 6) is -0.266. The van der Waals surface area contributed by atoms with Gasteiger partial charge < -0.3 is 10.2 Å². The van der Waals surface area contributed by atoms with Gasteiger partial charge in [0.25, 0.3) is 0 Å². The van der Waals surface area contributed by atoms with Crippen molar-refractivity contribution in [3.8, 4) is 5.69 Å². The number of nitrogens with zero attached hydrogens (tertiary/aromatic N) is 6. The van der Waals surface area contributed by atoms with Gasteiger partial charge in [-0.05, 0) is 57.2 Å². The zero-order chi connectivity index (χ0) is 17.9. The van der Waals surface area contributed by atoms with Gasteiger partial charge in [-0.15, -0.1) is 5.10 Å². The Balaban J connectivity index is 1.35. The fourth-order valence-electron chi connectivity index (χ4n) is 3.18. The number of rotatable bonds is 5. The highest BCUT2D eigenvalue weighted by molar-refractivity contribution is 5.39. The molecule has 3 aromatic rings. The Morgan fingerprint density at radius 3 is 2.69 bits per heavy atom. The molecule has 0 atom stereocenters. The molecule has 0 unspecified atom stereocenters. The van der Waals surface area contributed by atoms with Crippen molar-refractivity contribution in [3.63, 3.8) is 0 Å². The molecular weight excluding hydrogens is 333 g/mol. The normalized spacial score (nSPS) is 16.1. The van der Waals surface area contributed by atoms with E-state index in [-0.39, 0.29) is 5.82 Å². The fourth-order valence-corrected chi connectivity index (χ4v) is 3.18. The maximum Gasteiger partial charge on any atom is 0.123 e. The molecule has 0 bridgehead atoms. The first-order valence-electron chi connectivity index (χ1n) is 8.81. The quantitative estimate of drug-likeness (QED) is 0.762. The molecule has 0 spiro atoms. The lowest BCUT2D eigenvalue weighted by atomic mass is 10.1. The first kappa shape index (κ1) is 16.7. The minimum Gasteiger partial charge on any atom is -0.377 e. The molecule has 1 N–H and O–H groups in total. The Labute approximate surface area is 151 Å². The first-order chi connectivity index (χ1) is 12.7. The van der Waals surface area contributed by atoms with Gasteiger partial charge in [-0.1, -0.05) is 5.21 Å². The third-order valence-corrected chi connectivity index (χ3v) is 4.77. The van der Waals surface area contributed by atoms with Crippen LogP contribution < -0.4 is 5.32 Å². The Morgan fingerprint density at radius 1 is 1.15 bits per heavy atom. The average Bonchev–Trinajstić information content (AvgIpc) is 3.31. The van der Waals surface area contributed by atoms with Crippen molar-refractivity contribution in [2.75, 3.05) is 25.5 Å². The lowest BCUT2D eigenvalue weighted by Crippen LogP contribution is -2.31. The maximum absolute atomic E-state index is 13.0. The molecule has 1 aliphatic rings. The van der Waals surface area contributed by atoms with Crippen molar-refractivity contribution in [2.45, 2.75) is 25.4 Å². The summed E-state index contributed by atoms with van der Waals surface area (Å²) in [5, 5.41) is 16.1. The van der Waals surface area contributed by atoms with E-state index in [0.29, 0.717) is 12.6 Å². The van der Waals surface area contributed by atoms with Crippen molar-refractivity contribution >= 4 is 5.69 Å². The van der Waals surface area contributed by atoms with Crippen molar-refractivity contribution in [1.29, 1.82) is 0 Å². The molecule has 7 nitrogen and oxygen atoms in total. The van der Waals surface area contributed by atoms with Gasteiger partial charge in [0.15, 0.2) is 0 Å². The van der Waals surface area contributed by atoms with Gasteiger partial charge in [-0.3, -0.25) is 4.68 Å². The van der Waals surface area contributed by atoms with Gasteiger partial charge in [0.05, 0.1) is 36.4 Å². The highest BCUT2D eigenvalue weighted by atomic mass is 19.1. The lowest BCUT2D eigenvalue weighted by Gasteiger charge is -2.28. The second kappa shape index (κ2) is 7.25. The predicted molar refractivity (Wildman–Crippen MR) is 96.6 cm³/mol. The Morgan fingerprint density at radius 2 is 1.92 bits per heavy atom. The van der Waals surface area contributed by atoms with Crippen LogP contribution >= 0.6 is 0 Å². The average molecular weight is 355 g/mol. The molecule has 3 heterocycles. The zero-order valence-electron chi connectivity index (χ0n) is 14.7. The zero-order valence-corrected chi connectivity index (χ0v) is 14.7. The van der Waals surface area contributed by atoms with Crippen LogP contribution in [-0.4, -0.2) is 49.8 Å². The minimum atomic E-state index is -0.266. The van der Waals surface area contributed by atoms with Gasteiger partial charge >= 0.3 is 0 Å². The van der Waals surface area contributed by atoms with Gasteiger partial charge in [0.1, 0.15) is 11.5 Å². The van der Waals surface area contributed by atoms with Gasteiger partial charge in [-0.25, -0.2) is 9.07 Å². The standard InChI is InChI=1S/C18H22FN7/c1-24-8-6-18(7-9-24)25-12-15(11-21-25)20-10-16-13-26(23-22-16)17-4-2-14(19)3-5-17/h2-5,11-13,18,20H,6-10H2,1H3. The van der Waals surface area contributed by atoms with Crippen LogP contribution in [0.15, 0.2) is 42.9 Å². The molecule has 0 saturated carbocycles. The van der Waals surface area contributed by atoms with E-state index in [1.54, 1.807) is 16.8 Å². The number of hydrogen-bond acceptors (Lipinski definition) is 5. The second-order valence-corrected chi connectivity index (χ2v) is 6.73. The molecule has 4 rings (SSSR count). The highest BCUT2D eigenvalue weighted by Crippen LogP contribution is 2.22. The third kappa shape index (κ3) is 3.75. The molecule has 8 heteroatoms. The number of nitrogens with one attached hydrogen (secondary N) is 1. The highest BCUT2D eigenvalue weighted by Gasteiger charge is 2.18. The van der Waals surface area contributed by atoms with E-state index in [1.165, 1.54) is 12.1 Å². The maximum atomic E-state index is 13.0. The minimum absolute atomic E-state index is 0.266. The lowest BCUT2D eigenvalue weighted by molar-refractivity contribution is 0.212. The SMILES string of the molecule is CN1CCC(n2cc(NCc3cn(-c4ccc(F)cc4)nn3)cn2)CC1. The van der Waals surface area contributed by atoms with Crippen LogP contribution in [0.25, 0.3) is 5.69 Å². The molecule has 0 amide bonds. The number of aromatic nitrogens is 5. The van der Waals surface area contributed by atoms with Crippen LogP contribution in [0.4, 0.5) is 10.1 Å². The number of piperidine rings is 1. The van der Waals surface area contributed by atoms with Crippen LogP contribution in [0.3, 0.4) is 0 Å². The Hall–Kier alpha value is -2.74. The molecule has 26 heavy (non-hydrogen) atoms. The van der Waals surface area contributed by atoms with Crippen molar-refractivity contribution in [2.24, 2.45) is 0 Å². The summed E-state index contributed by atoms with van der Waals surface area (Å²) in [6, 6.07) is 6.64. The molecule has 0 radical (unpaired) electrons. The Bertz CT molecular complexity index is 847. The number of benzene rings is 1. The van der Waals surface area contributed by atoms with E-state index in [2.05, 4.69) is 43.6 Å². The van der Waals surface area contributed by atoms with Crippen molar-refractivity contribution in [3.05, 3.63) is 54.4 Å². The van der Waals surface area contributed by atoms with Gasteiger partial charge in [-0.2, -0.15) is 5.10 Å². The largest absolute Gasteiger partial charge is 0.377 e. The van der Waals surface area contributed by atoms with Gasteiger partial charge in [0, 0.05) is 6.20 Å². The van der Waals surface area contributed by atoms with Crippen LogP contribution in [-0.2, 0) is 6.54 Å². The number of hydrogen-bond donors (Lipinski definition) is 1. The van der Waals surface area contributed by atoms with Crippen molar-refractivity contribution < 1.29 is 4.39 Å². The van der Waals surface area contributed by atoms with Crippen LogP contribution in [0.2, 0.25) is 0 Å². The van der Waals surface area contributed by atoms with E-state index in [0.717, 1.165) is 43.0 Å². The molecule has 1 saturated heterocycles. The molecular formula is C18H22FN7. The van der Waals surface area contributed by atoms with Crippen molar-refractivity contribution in [1.82, 2.24) is 29.7 Å². The Kier molecular flexibility index (Phi) is 4.66. The van der Waals surface area contributed by atoms with E-state index in [4.69, 9.17) is 0 Å². The first-order valence-corrected chi connectivity index (χ1v) is 8.81. The van der Waals surface area contributed by atoms with E-state index >= 15 is 0 Å². The number of halogens is 1. The molecule has 1 aromatic carbocycles. The van der Waals surface area contributed by atoms with Crippen LogP contribution in [0.1, 0.15) is 24.6 Å². The molecule has 0 aliphatic carbocycles. The van der Waals surface area contributed by atoms with E-state index in [9.17, 15) is 4.39 Å². The molecule has 136 valence electrons. The third-order valence-electron chi connectivity index (χ3n) is 4.77. The predicted octanol–water partition coefficient (Wildman–Crippen LogP) is 2.48.